The zero-order chi connectivity index (χ0) is 35.8. The Bertz CT molecular complexity index is 2280. The van der Waals surface area contributed by atoms with E-state index in [0.29, 0.717) is 0 Å². The van der Waals surface area contributed by atoms with Crippen LogP contribution in [0.2, 0.25) is 17.3 Å². The second-order valence-electron chi connectivity index (χ2n) is 13.6. The Morgan fingerprint density at radius 2 is 1.49 bits per heavy atom. The quantitative estimate of drug-likeness (QED) is 0.123. The SMILES string of the molecule is [2H]C(C)(C)c1cnc(-c2[c-]ccc3c2sc2cc(-c4cccc(C)n4)ccc23)cc1C([2H])(C)C.[CH3][Ge]([CH3])([CH3])[c]1ccc(-c2[c-]cccc2)nc1.[Ir]. The van der Waals surface area contributed by atoms with Gasteiger partial charge in [0.1, 0.15) is 0 Å². The molecule has 4 heterocycles. The number of hydrogen-bond acceptors (Lipinski definition) is 4. The van der Waals surface area contributed by atoms with Crippen molar-refractivity contribution in [2.45, 2.75) is 63.7 Å². The molecule has 0 saturated carbocycles. The van der Waals surface area contributed by atoms with Crippen LogP contribution in [-0.4, -0.2) is 28.2 Å². The van der Waals surface area contributed by atoms with Gasteiger partial charge in [-0.05, 0) is 63.8 Å². The van der Waals surface area contributed by atoms with E-state index in [1.807, 2.05) is 95.4 Å². The number of rotatable bonds is 6. The fraction of sp³-hybridized carbons (Fsp3) is 0.233. The van der Waals surface area contributed by atoms with Crippen LogP contribution in [0, 0.1) is 19.1 Å². The zero-order valence-corrected chi connectivity index (χ0v) is 34.7. The minimum atomic E-state index is -1.72. The van der Waals surface area contributed by atoms with E-state index in [1.165, 1.54) is 19.9 Å². The predicted molar refractivity (Wildman–Crippen MR) is 209 cm³/mol. The number of benzene rings is 3. The van der Waals surface area contributed by atoms with E-state index in [-0.39, 0.29) is 20.1 Å². The molecule has 0 aliphatic heterocycles. The molecule has 49 heavy (non-hydrogen) atoms. The topological polar surface area (TPSA) is 38.7 Å². The third-order valence-corrected chi connectivity index (χ3v) is 13.9. The Labute approximate surface area is 314 Å². The third-order valence-electron chi connectivity index (χ3n) is 8.47. The molecule has 3 nitrogen and oxygen atoms in total. The van der Waals surface area contributed by atoms with Crippen LogP contribution in [0.5, 0.6) is 0 Å². The van der Waals surface area contributed by atoms with Crippen molar-refractivity contribution >= 4 is 49.2 Å². The summed E-state index contributed by atoms with van der Waals surface area (Å²) >= 11 is 0.0204. The first-order valence-corrected chi connectivity index (χ1v) is 24.5. The van der Waals surface area contributed by atoms with Gasteiger partial charge in [0.25, 0.3) is 0 Å². The van der Waals surface area contributed by atoms with Crippen LogP contribution < -0.4 is 4.40 Å². The zero-order valence-electron chi connectivity index (χ0n) is 31.4. The van der Waals surface area contributed by atoms with Crippen molar-refractivity contribution in [1.29, 1.82) is 0 Å². The molecule has 0 bridgehead atoms. The molecule has 0 amide bonds. The number of pyridine rings is 3. The molecule has 0 atom stereocenters. The monoisotopic (exact) mass is 902 g/mol. The van der Waals surface area contributed by atoms with Crippen LogP contribution >= 0.6 is 11.3 Å². The van der Waals surface area contributed by atoms with Gasteiger partial charge in [-0.1, -0.05) is 57.3 Å². The standard InChI is InChI=1S/C29H27N2S.C14H16GeN.Ir/c1-17(2)24-15-27(30-16-25(24)18(3)4)23-10-7-9-22-21-13-12-20(14-28(21)32-29(22)23)26-11-6-8-19(5)31-26;1-15(2,3)13-9-10-14(16-11-13)12-7-5-4-6-8-12;/h6-9,11-18H,1-5H3;4-7,9-11H,1-3H3;/q2*-1;/i17D,18D;;. The molecule has 0 saturated heterocycles. The van der Waals surface area contributed by atoms with E-state index in [9.17, 15) is 0 Å². The van der Waals surface area contributed by atoms with Crippen molar-refractivity contribution in [2.75, 3.05) is 0 Å². The van der Waals surface area contributed by atoms with E-state index in [4.69, 9.17) is 7.73 Å². The summed E-state index contributed by atoms with van der Waals surface area (Å²) in [5, 5.41) is 2.38. The first-order valence-electron chi connectivity index (χ1n) is 17.4. The van der Waals surface area contributed by atoms with Gasteiger partial charge in [-0.25, -0.2) is 0 Å². The maximum absolute atomic E-state index is 8.70. The summed E-state index contributed by atoms with van der Waals surface area (Å²) in [6.45, 7) is 9.44. The Balaban J connectivity index is 0.000000249. The number of nitrogens with zero attached hydrogens (tertiary/aromatic N) is 3. The van der Waals surface area contributed by atoms with Crippen LogP contribution in [0.25, 0.3) is 53.9 Å². The molecule has 0 unspecified atom stereocenters. The van der Waals surface area contributed by atoms with Crippen molar-refractivity contribution in [3.63, 3.8) is 0 Å². The van der Waals surface area contributed by atoms with Gasteiger partial charge in [0, 0.05) is 45.0 Å². The largest absolute Gasteiger partial charge is 0 e. The number of fused-ring (bicyclic) bond motifs is 3. The molecule has 0 aliphatic rings. The van der Waals surface area contributed by atoms with Crippen LogP contribution in [0.1, 0.15) is 59.0 Å². The van der Waals surface area contributed by atoms with Crippen molar-refractivity contribution in [3.8, 4) is 33.8 Å². The van der Waals surface area contributed by atoms with Crippen molar-refractivity contribution in [1.82, 2.24) is 15.0 Å². The number of thiophene rings is 1. The van der Waals surface area contributed by atoms with Crippen LogP contribution in [0.4, 0.5) is 0 Å². The molecule has 7 rings (SSSR count). The Hall–Kier alpha value is -3.48. The minimum absolute atomic E-state index is 0. The molecule has 7 aromatic rings. The summed E-state index contributed by atoms with van der Waals surface area (Å²) in [7, 11) is 0. The van der Waals surface area contributed by atoms with Crippen molar-refractivity contribution in [3.05, 3.63) is 132 Å². The van der Waals surface area contributed by atoms with E-state index in [0.717, 1.165) is 55.3 Å². The summed E-state index contributed by atoms with van der Waals surface area (Å²) in [4.78, 5) is 14.0. The second kappa shape index (κ2) is 15.6. The average Bonchev–Trinajstić information content (AvgIpc) is 3.46. The first kappa shape index (κ1) is 34.0. The van der Waals surface area contributed by atoms with Crippen LogP contribution in [-0.2, 0) is 20.1 Å². The third kappa shape index (κ3) is 8.29. The molecule has 4 aromatic heterocycles. The van der Waals surface area contributed by atoms with Gasteiger partial charge in [0.2, 0.25) is 0 Å². The van der Waals surface area contributed by atoms with E-state index in [1.54, 1.807) is 17.5 Å². The van der Waals surface area contributed by atoms with Gasteiger partial charge in [-0.3, -0.25) is 4.98 Å². The van der Waals surface area contributed by atoms with Crippen LogP contribution in [0.3, 0.4) is 0 Å². The smallest absolute Gasteiger partial charge is 0 e. The molecule has 0 aliphatic carbocycles. The number of aryl methyl sites for hydroxylation is 1. The Kier molecular flexibility index (Phi) is 10.8. The number of hydrogen-bond donors (Lipinski definition) is 0. The Morgan fingerprint density at radius 3 is 2.14 bits per heavy atom. The minimum Gasteiger partial charge on any atom is 0 e. The summed E-state index contributed by atoms with van der Waals surface area (Å²) in [6, 6.07) is 37.6. The molecule has 0 fully saturated rings. The molecule has 0 spiro atoms. The van der Waals surface area contributed by atoms with E-state index >= 15 is 0 Å². The molecule has 3 aromatic carbocycles. The van der Waals surface area contributed by atoms with E-state index in [2.05, 4.69) is 75.8 Å². The normalized spacial score (nSPS) is 12.5. The molecule has 6 heteroatoms. The maximum Gasteiger partial charge on any atom is 0 e. The molecular weight excluding hydrogens is 855 g/mol. The van der Waals surface area contributed by atoms with Gasteiger partial charge in [-0.15, -0.1) is 23.8 Å². The van der Waals surface area contributed by atoms with E-state index < -0.39 is 25.1 Å². The molecular formula is C43H43GeIrN3S-2. The first-order chi connectivity index (χ1) is 23.6. The van der Waals surface area contributed by atoms with Gasteiger partial charge >= 0.3 is 99.8 Å². The molecule has 0 N–H and O–H groups in total. The van der Waals surface area contributed by atoms with Gasteiger partial charge < -0.3 is 4.98 Å². The predicted octanol–water partition coefficient (Wildman–Crippen LogP) is 11.6. The van der Waals surface area contributed by atoms with Gasteiger partial charge in [-0.2, -0.15) is 11.3 Å². The van der Waals surface area contributed by atoms with Gasteiger partial charge in [0.05, 0.1) is 5.69 Å². The molecule has 251 valence electrons. The fourth-order valence-corrected chi connectivity index (χ4v) is 9.17. The maximum atomic E-state index is 8.70. The van der Waals surface area contributed by atoms with Crippen molar-refractivity contribution in [2.24, 2.45) is 0 Å². The molecule has 1 radical (unpaired) electrons. The Morgan fingerprint density at radius 1 is 0.714 bits per heavy atom. The average molecular weight is 901 g/mol. The fourth-order valence-electron chi connectivity index (χ4n) is 5.75. The summed E-state index contributed by atoms with van der Waals surface area (Å²) in [5.41, 5.74) is 8.51. The van der Waals surface area contributed by atoms with Crippen molar-refractivity contribution < 1.29 is 22.8 Å². The number of aromatic nitrogens is 3. The summed E-state index contributed by atoms with van der Waals surface area (Å²) in [6.07, 6.45) is 3.81. The summed E-state index contributed by atoms with van der Waals surface area (Å²) < 4.78 is 21.0. The van der Waals surface area contributed by atoms with Gasteiger partial charge in [0.15, 0.2) is 0 Å². The summed E-state index contributed by atoms with van der Waals surface area (Å²) in [5.74, 6) is 5.48. The second-order valence-corrected chi connectivity index (χ2v) is 25.4. The van der Waals surface area contributed by atoms with Crippen LogP contribution in [0.15, 0.2) is 103 Å².